The fourth-order valence-corrected chi connectivity index (χ4v) is 0.503. The van der Waals surface area contributed by atoms with Gasteiger partial charge >= 0.3 is 0 Å². The van der Waals surface area contributed by atoms with Crippen molar-refractivity contribution < 1.29 is 4.79 Å². The Morgan fingerprint density at radius 2 is 2.60 bits per heavy atom. The van der Waals surface area contributed by atoms with Crippen LogP contribution >= 0.6 is 0 Å². The van der Waals surface area contributed by atoms with Gasteiger partial charge < -0.3 is 5.73 Å². The number of H-pyrrole nitrogens is 1. The molecule has 0 bridgehead atoms. The first-order chi connectivity index (χ1) is 4.84. The van der Waals surface area contributed by atoms with Gasteiger partial charge in [-0.25, -0.2) is 0 Å². The van der Waals surface area contributed by atoms with E-state index in [1.165, 1.54) is 6.20 Å². The highest BCUT2D eigenvalue weighted by molar-refractivity contribution is 5.74. The quantitative estimate of drug-likeness (QED) is 0.373. The summed E-state index contributed by atoms with van der Waals surface area (Å²) >= 11 is 0. The van der Waals surface area contributed by atoms with Gasteiger partial charge in [0.15, 0.2) is 6.29 Å². The Morgan fingerprint density at radius 3 is 3.10 bits per heavy atom. The lowest BCUT2D eigenvalue weighted by atomic mass is 10.3. The minimum absolute atomic E-state index is 0.384. The Hall–Kier alpha value is -1.76. The average molecular weight is 135 g/mol. The maximum atomic E-state index is 9.77. The molecule has 0 fully saturated rings. The number of aldehydes is 1. The van der Waals surface area contributed by atoms with Gasteiger partial charge in [0.05, 0.1) is 11.8 Å². The summed E-state index contributed by atoms with van der Waals surface area (Å²) in [6.07, 6.45) is 1.97. The summed E-state index contributed by atoms with van der Waals surface area (Å²) in [5, 5.41) is 6.09. The van der Waals surface area contributed by atoms with E-state index >= 15 is 0 Å². The van der Waals surface area contributed by atoms with Gasteiger partial charge in [-0.15, -0.1) is 0 Å². The molecule has 1 aromatic heterocycles. The smallest absolute Gasteiger partial charge is 0.193 e. The minimum Gasteiger partial charge on any atom is -0.383 e. The fraction of sp³-hybridized carbons (Fsp3) is 0. The summed E-state index contributed by atoms with van der Waals surface area (Å²) in [5.41, 5.74) is 5.89. The highest BCUT2D eigenvalue weighted by atomic mass is 16.1. The summed E-state index contributed by atoms with van der Waals surface area (Å²) in [6, 6.07) is 0. The highest BCUT2D eigenvalue weighted by Gasteiger charge is 1.93. The third-order valence-electron chi connectivity index (χ3n) is 0.935. The molecule has 0 spiro atoms. The largest absolute Gasteiger partial charge is 0.383 e. The van der Waals surface area contributed by atoms with Crippen LogP contribution in [0.4, 0.5) is 5.82 Å². The van der Waals surface area contributed by atoms with Crippen LogP contribution in [-0.2, 0) is 4.79 Å². The van der Waals surface area contributed by atoms with Crippen LogP contribution in [0.15, 0.2) is 6.20 Å². The summed E-state index contributed by atoms with van der Waals surface area (Å²) < 4.78 is 0. The molecule has 0 radical (unpaired) electrons. The zero-order chi connectivity index (χ0) is 7.40. The van der Waals surface area contributed by atoms with Gasteiger partial charge in [0, 0.05) is 0 Å². The van der Waals surface area contributed by atoms with Crippen LogP contribution in [-0.4, -0.2) is 16.5 Å². The molecule has 0 atom stereocenters. The van der Waals surface area contributed by atoms with Crippen LogP contribution in [0.25, 0.3) is 0 Å². The Bertz CT molecular complexity index is 291. The van der Waals surface area contributed by atoms with E-state index < -0.39 is 0 Å². The number of carbonyl (C=O) groups is 1. The van der Waals surface area contributed by atoms with Crippen molar-refractivity contribution in [2.75, 3.05) is 5.73 Å². The van der Waals surface area contributed by atoms with Crippen molar-refractivity contribution in [2.45, 2.75) is 0 Å². The predicted octanol–water partition coefficient (Wildman–Crippen LogP) is -0.458. The van der Waals surface area contributed by atoms with Crippen LogP contribution in [0.3, 0.4) is 0 Å². The summed E-state index contributed by atoms with van der Waals surface area (Å²) in [7, 11) is 0. The minimum atomic E-state index is 0.384. The molecule has 0 aliphatic heterocycles. The van der Waals surface area contributed by atoms with Crippen molar-refractivity contribution in [1.29, 1.82) is 0 Å². The second-order valence-corrected chi connectivity index (χ2v) is 1.58. The summed E-state index contributed by atoms with van der Waals surface area (Å²) in [6.45, 7) is 0. The molecule has 0 amide bonds. The Labute approximate surface area is 57.4 Å². The van der Waals surface area contributed by atoms with Gasteiger partial charge in [0.1, 0.15) is 5.82 Å². The van der Waals surface area contributed by atoms with Crippen molar-refractivity contribution in [3.05, 3.63) is 11.8 Å². The summed E-state index contributed by atoms with van der Waals surface area (Å²) in [5.74, 6) is 5.11. The molecule has 0 saturated heterocycles. The fourth-order valence-electron chi connectivity index (χ4n) is 0.503. The number of nitrogens with zero attached hydrogens (tertiary/aromatic N) is 1. The Morgan fingerprint density at radius 1 is 1.80 bits per heavy atom. The zero-order valence-electron chi connectivity index (χ0n) is 5.09. The number of aromatic nitrogens is 2. The topological polar surface area (TPSA) is 71.8 Å². The van der Waals surface area contributed by atoms with Gasteiger partial charge in [-0.05, 0) is 5.92 Å². The molecular formula is C6H5N3O. The van der Waals surface area contributed by atoms with Crippen molar-refractivity contribution in [1.82, 2.24) is 10.2 Å². The second kappa shape index (κ2) is 2.69. The molecular weight excluding hydrogens is 130 g/mol. The highest BCUT2D eigenvalue weighted by Crippen LogP contribution is 2.01. The molecule has 1 aromatic rings. The first kappa shape index (κ1) is 6.36. The number of nitrogens with two attached hydrogens (primary N) is 1. The molecule has 10 heavy (non-hydrogen) atoms. The number of anilines is 1. The van der Waals surface area contributed by atoms with E-state index in [-0.39, 0.29) is 0 Å². The average Bonchev–Trinajstić information content (AvgIpc) is 2.31. The maximum absolute atomic E-state index is 9.77. The second-order valence-electron chi connectivity index (χ2n) is 1.58. The van der Waals surface area contributed by atoms with Crippen LogP contribution in [0.5, 0.6) is 0 Å². The summed E-state index contributed by atoms with van der Waals surface area (Å²) in [4.78, 5) is 9.77. The van der Waals surface area contributed by atoms with E-state index in [0.717, 1.165) is 0 Å². The van der Waals surface area contributed by atoms with E-state index in [4.69, 9.17) is 5.73 Å². The molecule has 3 N–H and O–H groups in total. The number of hydrogen-bond acceptors (Lipinski definition) is 3. The van der Waals surface area contributed by atoms with E-state index in [1.807, 2.05) is 0 Å². The standard InChI is InChI=1S/C6H5N3O/c7-6-5(2-1-3-10)4-8-9-6/h3-4H,(H3,7,8,9). The van der Waals surface area contributed by atoms with Gasteiger partial charge in [-0.2, -0.15) is 5.10 Å². The number of rotatable bonds is 0. The zero-order valence-corrected chi connectivity index (χ0v) is 5.09. The van der Waals surface area contributed by atoms with Crippen molar-refractivity contribution in [3.63, 3.8) is 0 Å². The van der Waals surface area contributed by atoms with Crippen LogP contribution in [0.1, 0.15) is 5.56 Å². The van der Waals surface area contributed by atoms with E-state index in [9.17, 15) is 4.79 Å². The predicted molar refractivity (Wildman–Crippen MR) is 35.9 cm³/mol. The van der Waals surface area contributed by atoms with E-state index in [0.29, 0.717) is 17.7 Å². The Kier molecular flexibility index (Phi) is 1.71. The monoisotopic (exact) mass is 135 g/mol. The molecule has 4 heteroatoms. The number of carbonyl (C=O) groups excluding carboxylic acids is 1. The number of nitrogens with one attached hydrogen (secondary N) is 1. The first-order valence-electron chi connectivity index (χ1n) is 2.58. The molecule has 0 aliphatic rings. The number of nitrogen functional groups attached to an aromatic ring is 1. The molecule has 1 rings (SSSR count). The molecule has 0 aliphatic carbocycles. The first-order valence-corrected chi connectivity index (χ1v) is 2.58. The SMILES string of the molecule is Nc1[nH]ncc1C#CC=O. The van der Waals surface area contributed by atoms with E-state index in [1.54, 1.807) is 0 Å². The van der Waals surface area contributed by atoms with E-state index in [2.05, 4.69) is 22.0 Å². The van der Waals surface area contributed by atoms with Crippen LogP contribution in [0.2, 0.25) is 0 Å². The molecule has 50 valence electrons. The van der Waals surface area contributed by atoms with Gasteiger partial charge in [-0.1, -0.05) is 5.92 Å². The van der Waals surface area contributed by atoms with Crippen molar-refractivity contribution in [2.24, 2.45) is 0 Å². The maximum Gasteiger partial charge on any atom is 0.193 e. The molecule has 0 aromatic carbocycles. The third kappa shape index (κ3) is 1.14. The normalized spacial score (nSPS) is 8.00. The number of aromatic amines is 1. The lowest BCUT2D eigenvalue weighted by Crippen LogP contribution is -1.86. The van der Waals surface area contributed by atoms with Crippen LogP contribution in [0, 0.1) is 11.8 Å². The van der Waals surface area contributed by atoms with Gasteiger partial charge in [0.2, 0.25) is 0 Å². The van der Waals surface area contributed by atoms with Gasteiger partial charge in [-0.3, -0.25) is 9.89 Å². The number of hydrogen-bond donors (Lipinski definition) is 2. The molecule has 1 heterocycles. The molecule has 0 unspecified atom stereocenters. The lowest BCUT2D eigenvalue weighted by molar-refractivity contribution is -0.103. The van der Waals surface area contributed by atoms with Crippen molar-refractivity contribution in [3.8, 4) is 11.8 Å². The third-order valence-corrected chi connectivity index (χ3v) is 0.935. The van der Waals surface area contributed by atoms with Crippen LogP contribution < -0.4 is 5.73 Å². The van der Waals surface area contributed by atoms with Gasteiger partial charge in [0.25, 0.3) is 0 Å². The lowest BCUT2D eigenvalue weighted by Gasteiger charge is -1.80. The van der Waals surface area contributed by atoms with Crippen molar-refractivity contribution >= 4 is 12.1 Å². The Balaban J connectivity index is 2.94. The molecule has 4 nitrogen and oxygen atoms in total. The molecule has 0 saturated carbocycles.